The molecule has 1 saturated heterocycles. The van der Waals surface area contributed by atoms with E-state index in [4.69, 9.17) is 0 Å². The molecule has 0 atom stereocenters. The molecule has 4 heterocycles. The van der Waals surface area contributed by atoms with Gasteiger partial charge in [0, 0.05) is 40.3 Å². The highest BCUT2D eigenvalue weighted by Crippen LogP contribution is 2.49. The molecule has 0 radical (unpaired) electrons. The lowest BCUT2D eigenvalue weighted by molar-refractivity contribution is -0.146. The van der Waals surface area contributed by atoms with Gasteiger partial charge in [0.05, 0.1) is 17.0 Å². The number of rotatable bonds is 6. The van der Waals surface area contributed by atoms with Gasteiger partial charge in [-0.2, -0.15) is 0 Å². The Morgan fingerprint density at radius 2 is 1.86 bits per heavy atom. The number of fused-ring (bicyclic) bond motifs is 2. The quantitative estimate of drug-likeness (QED) is 0.280. The Balaban J connectivity index is 1.53. The van der Waals surface area contributed by atoms with Gasteiger partial charge in [-0.3, -0.25) is 28.5 Å². The lowest BCUT2D eigenvalue weighted by atomic mass is 9.67. The van der Waals surface area contributed by atoms with Crippen LogP contribution in [0.15, 0.2) is 23.0 Å². The topological polar surface area (TPSA) is 175 Å². The summed E-state index contributed by atoms with van der Waals surface area (Å²) in [6.45, 7) is 2.69. The zero-order valence-electron chi connectivity index (χ0n) is 23.7. The molecule has 2 fully saturated rings. The standard InChI is InChI=1S/C28H34FN7O6/c1-15-10-16(4-5-18(15)29)11-31-21(38)19-20(37)23(40)36-14-27(26(42)32-17-12-30-13-17)6-8-28(9-7-27,25(36)33-19)34-22(39)24(41)35(2)3/h4-5,10,17,30,37H,6-9,11-14H2,1-3H3,(H,31,38)(H,32,42)(H,34,39). The summed E-state index contributed by atoms with van der Waals surface area (Å²) < 4.78 is 14.8. The number of halogens is 1. The number of hydrogen-bond acceptors (Lipinski definition) is 8. The molecular formula is C28H34FN7O6. The maximum absolute atomic E-state index is 13.7. The minimum atomic E-state index is -1.35. The van der Waals surface area contributed by atoms with E-state index >= 15 is 0 Å². The van der Waals surface area contributed by atoms with E-state index in [1.165, 1.54) is 26.2 Å². The number of nitrogens with one attached hydrogen (secondary N) is 4. The number of hydrogen-bond donors (Lipinski definition) is 5. The number of aromatic nitrogens is 2. The van der Waals surface area contributed by atoms with Gasteiger partial charge in [-0.15, -0.1) is 0 Å². The Morgan fingerprint density at radius 1 is 1.17 bits per heavy atom. The van der Waals surface area contributed by atoms with Gasteiger partial charge >= 0.3 is 11.8 Å². The van der Waals surface area contributed by atoms with Crippen LogP contribution in [0.25, 0.3) is 0 Å². The number of carbonyl (C=O) groups is 4. The summed E-state index contributed by atoms with van der Waals surface area (Å²) in [6.07, 6.45) is 0.876. The predicted molar refractivity (Wildman–Crippen MR) is 147 cm³/mol. The lowest BCUT2D eigenvalue weighted by Crippen LogP contribution is -2.60. The maximum atomic E-state index is 13.7. The molecule has 2 aromatic rings. The van der Waals surface area contributed by atoms with Crippen molar-refractivity contribution < 1.29 is 28.7 Å². The number of likely N-dealkylation sites (N-methyl/N-ethyl adjacent to an activating group) is 1. The lowest BCUT2D eigenvalue weighted by Gasteiger charge is -2.42. The number of benzene rings is 1. The molecule has 1 aliphatic carbocycles. The van der Waals surface area contributed by atoms with Crippen molar-refractivity contribution in [2.24, 2.45) is 5.41 Å². The van der Waals surface area contributed by atoms with Gasteiger partial charge in [0.1, 0.15) is 11.6 Å². The summed E-state index contributed by atoms with van der Waals surface area (Å²) in [7, 11) is 2.86. The Hall–Kier alpha value is -4.33. The summed E-state index contributed by atoms with van der Waals surface area (Å²) in [6, 6.07) is 4.28. The van der Waals surface area contributed by atoms with E-state index in [2.05, 4.69) is 26.3 Å². The summed E-state index contributed by atoms with van der Waals surface area (Å²) in [5.41, 5.74) is -2.89. The molecule has 4 amide bonds. The van der Waals surface area contributed by atoms with Crippen LogP contribution in [0.5, 0.6) is 5.75 Å². The maximum Gasteiger partial charge on any atom is 0.311 e. The molecule has 1 aromatic carbocycles. The van der Waals surface area contributed by atoms with Gasteiger partial charge in [0.2, 0.25) is 11.7 Å². The first kappa shape index (κ1) is 29.2. The molecule has 14 heteroatoms. The van der Waals surface area contributed by atoms with Crippen molar-refractivity contribution in [3.63, 3.8) is 0 Å². The van der Waals surface area contributed by atoms with Crippen molar-refractivity contribution in [1.29, 1.82) is 0 Å². The minimum Gasteiger partial charge on any atom is -0.501 e. The molecule has 224 valence electrons. The first-order valence-corrected chi connectivity index (χ1v) is 13.8. The zero-order valence-corrected chi connectivity index (χ0v) is 23.7. The van der Waals surface area contributed by atoms with Crippen LogP contribution >= 0.6 is 0 Å². The molecular weight excluding hydrogens is 549 g/mol. The van der Waals surface area contributed by atoms with Crippen molar-refractivity contribution >= 4 is 23.6 Å². The molecule has 0 unspecified atom stereocenters. The zero-order chi connectivity index (χ0) is 30.4. The van der Waals surface area contributed by atoms with Gasteiger partial charge in [-0.1, -0.05) is 12.1 Å². The third-order valence-electron chi connectivity index (χ3n) is 8.54. The van der Waals surface area contributed by atoms with Gasteiger partial charge < -0.3 is 31.3 Å². The molecule has 42 heavy (non-hydrogen) atoms. The first-order valence-electron chi connectivity index (χ1n) is 13.8. The second kappa shape index (κ2) is 10.8. The third-order valence-corrected chi connectivity index (χ3v) is 8.54. The van der Waals surface area contributed by atoms with Gasteiger partial charge in [-0.05, 0) is 49.8 Å². The van der Waals surface area contributed by atoms with Crippen LogP contribution in [0, 0.1) is 18.2 Å². The molecule has 2 bridgehead atoms. The monoisotopic (exact) mass is 583 g/mol. The largest absolute Gasteiger partial charge is 0.501 e. The fourth-order valence-corrected chi connectivity index (χ4v) is 5.82. The third kappa shape index (κ3) is 5.10. The van der Waals surface area contributed by atoms with Gasteiger partial charge in [0.25, 0.3) is 11.5 Å². The number of aromatic hydroxyl groups is 1. The molecule has 5 N–H and O–H groups in total. The van der Waals surface area contributed by atoms with Crippen molar-refractivity contribution in [2.45, 2.75) is 57.3 Å². The molecule has 6 rings (SSSR count). The average molecular weight is 584 g/mol. The number of nitrogens with zero attached hydrogens (tertiary/aromatic N) is 3. The minimum absolute atomic E-state index is 0.00883. The van der Waals surface area contributed by atoms with Crippen LogP contribution in [-0.4, -0.2) is 76.4 Å². The predicted octanol–water partition coefficient (Wildman–Crippen LogP) is -0.612. The van der Waals surface area contributed by atoms with E-state index in [0.29, 0.717) is 24.2 Å². The van der Waals surface area contributed by atoms with E-state index in [-0.39, 0.29) is 56.5 Å². The number of aryl methyl sites for hydroxylation is 1. The summed E-state index contributed by atoms with van der Waals surface area (Å²) in [4.78, 5) is 71.4. The Bertz CT molecular complexity index is 1530. The van der Waals surface area contributed by atoms with Crippen molar-refractivity contribution in [3.8, 4) is 5.75 Å². The number of amides is 4. The average Bonchev–Trinajstić information content (AvgIpc) is 3.16. The van der Waals surface area contributed by atoms with Gasteiger partial charge in [0.15, 0.2) is 5.69 Å². The van der Waals surface area contributed by atoms with Crippen LogP contribution in [0.1, 0.15) is 53.1 Å². The van der Waals surface area contributed by atoms with Crippen LogP contribution in [0.2, 0.25) is 0 Å². The van der Waals surface area contributed by atoms with Gasteiger partial charge in [-0.25, -0.2) is 9.37 Å². The van der Waals surface area contributed by atoms with Crippen LogP contribution in [0.3, 0.4) is 0 Å². The van der Waals surface area contributed by atoms with Crippen molar-refractivity contribution in [2.75, 3.05) is 27.2 Å². The number of carbonyl (C=O) groups excluding carboxylic acids is 4. The SMILES string of the molecule is Cc1cc(CNC(=O)c2nc3n(c(=O)c2O)CC2(C(=O)NC4CNC4)CCC3(NC(=O)C(=O)N(C)C)CC2)ccc1F. The van der Waals surface area contributed by atoms with Crippen molar-refractivity contribution in [1.82, 2.24) is 35.7 Å². The second-order valence-electron chi connectivity index (χ2n) is 11.6. The Labute approximate surface area is 240 Å². The molecule has 1 saturated carbocycles. The smallest absolute Gasteiger partial charge is 0.311 e. The highest BCUT2D eigenvalue weighted by Gasteiger charge is 2.55. The van der Waals surface area contributed by atoms with E-state index in [9.17, 15) is 33.5 Å². The second-order valence-corrected chi connectivity index (χ2v) is 11.6. The highest BCUT2D eigenvalue weighted by atomic mass is 19.1. The molecule has 3 aliphatic heterocycles. The fraction of sp³-hybridized carbons (Fsp3) is 0.500. The first-order chi connectivity index (χ1) is 19.9. The normalized spacial score (nSPS) is 22.8. The summed E-state index contributed by atoms with van der Waals surface area (Å²) in [5, 5.41) is 22.3. The Morgan fingerprint density at radius 3 is 2.45 bits per heavy atom. The van der Waals surface area contributed by atoms with E-state index in [1.54, 1.807) is 13.0 Å². The molecule has 0 spiro atoms. The summed E-state index contributed by atoms with van der Waals surface area (Å²) >= 11 is 0. The Kier molecular flexibility index (Phi) is 7.51. The van der Waals surface area contributed by atoms with E-state index < -0.39 is 51.5 Å². The van der Waals surface area contributed by atoms with Crippen molar-refractivity contribution in [3.05, 3.63) is 57.0 Å². The molecule has 13 nitrogen and oxygen atoms in total. The molecule has 1 aromatic heterocycles. The van der Waals surface area contributed by atoms with Crippen LogP contribution in [-0.2, 0) is 33.0 Å². The van der Waals surface area contributed by atoms with E-state index in [0.717, 1.165) is 9.47 Å². The van der Waals surface area contributed by atoms with Crippen LogP contribution in [0.4, 0.5) is 4.39 Å². The molecule has 4 aliphatic rings. The highest BCUT2D eigenvalue weighted by molar-refractivity contribution is 6.35. The fourth-order valence-electron chi connectivity index (χ4n) is 5.82. The van der Waals surface area contributed by atoms with Crippen LogP contribution < -0.4 is 26.8 Å². The van der Waals surface area contributed by atoms with E-state index in [1.807, 2.05) is 0 Å². The summed E-state index contributed by atoms with van der Waals surface area (Å²) in [5.74, 6) is -4.15.